The molecular weight excluding hydrogens is 289 g/mol. The molecular formula is C16H18FNO4. The van der Waals surface area contributed by atoms with Crippen LogP contribution in [0.5, 0.6) is 0 Å². The minimum atomic E-state index is -1.06. The third-order valence-electron chi connectivity index (χ3n) is 4.35. The minimum Gasteiger partial charge on any atom is -0.480 e. The van der Waals surface area contributed by atoms with Crippen molar-refractivity contribution in [1.29, 1.82) is 0 Å². The molecule has 1 amide bonds. The Kier molecular flexibility index (Phi) is 4.11. The van der Waals surface area contributed by atoms with Crippen LogP contribution in [0.15, 0.2) is 24.3 Å². The van der Waals surface area contributed by atoms with Crippen molar-refractivity contribution in [2.24, 2.45) is 5.92 Å². The molecule has 3 atom stereocenters. The first-order valence-corrected chi connectivity index (χ1v) is 7.43. The fraction of sp³-hybridized carbons (Fsp3) is 0.500. The first kappa shape index (κ1) is 15.0. The summed E-state index contributed by atoms with van der Waals surface area (Å²) in [7, 11) is 0. The van der Waals surface area contributed by atoms with Crippen molar-refractivity contribution in [2.75, 3.05) is 6.54 Å². The van der Waals surface area contributed by atoms with Gasteiger partial charge in [-0.25, -0.2) is 4.39 Å². The van der Waals surface area contributed by atoms with Gasteiger partial charge in [0.05, 0.1) is 18.1 Å². The lowest BCUT2D eigenvalue weighted by atomic mass is 9.88. The van der Waals surface area contributed by atoms with E-state index in [1.165, 1.54) is 17.0 Å². The third-order valence-corrected chi connectivity index (χ3v) is 4.35. The summed E-state index contributed by atoms with van der Waals surface area (Å²) >= 11 is 0. The third kappa shape index (κ3) is 3.11. The molecule has 3 rings (SSSR count). The lowest BCUT2D eigenvalue weighted by Gasteiger charge is -2.27. The van der Waals surface area contributed by atoms with E-state index in [0.717, 1.165) is 12.8 Å². The van der Waals surface area contributed by atoms with Crippen LogP contribution in [0.1, 0.15) is 24.8 Å². The van der Waals surface area contributed by atoms with Crippen molar-refractivity contribution >= 4 is 11.9 Å². The molecule has 1 aromatic rings. The van der Waals surface area contributed by atoms with E-state index in [4.69, 9.17) is 9.84 Å². The average Bonchev–Trinajstić information content (AvgIpc) is 3.10. The Morgan fingerprint density at radius 3 is 2.55 bits per heavy atom. The Bertz CT molecular complexity index is 574. The number of fused-ring (bicyclic) bond motifs is 2. The van der Waals surface area contributed by atoms with Crippen LogP contribution in [0.4, 0.5) is 4.39 Å². The van der Waals surface area contributed by atoms with Crippen LogP contribution in [0.25, 0.3) is 0 Å². The molecule has 118 valence electrons. The zero-order valence-electron chi connectivity index (χ0n) is 12.1. The van der Waals surface area contributed by atoms with Crippen LogP contribution in [0.3, 0.4) is 0 Å². The SMILES string of the molecule is O=C(O)CN(Cc1ccc(F)cc1)C(=O)C1CC2CCC1O2. The van der Waals surface area contributed by atoms with E-state index in [1.807, 2.05) is 0 Å². The Labute approximate surface area is 127 Å². The quantitative estimate of drug-likeness (QED) is 0.901. The van der Waals surface area contributed by atoms with Gasteiger partial charge in [-0.05, 0) is 37.0 Å². The Hall–Kier alpha value is -1.95. The van der Waals surface area contributed by atoms with Gasteiger partial charge in [0.2, 0.25) is 5.91 Å². The van der Waals surface area contributed by atoms with Gasteiger partial charge in [0.1, 0.15) is 12.4 Å². The summed E-state index contributed by atoms with van der Waals surface area (Å²) in [5.41, 5.74) is 0.708. The summed E-state index contributed by atoms with van der Waals surface area (Å²) in [6.07, 6.45) is 2.56. The number of ether oxygens (including phenoxy) is 1. The van der Waals surface area contributed by atoms with Gasteiger partial charge in [0.25, 0.3) is 0 Å². The number of carboxylic acid groups (broad SMARTS) is 1. The molecule has 1 aromatic carbocycles. The predicted octanol–water partition coefficient (Wildman–Crippen LogP) is 1.81. The topological polar surface area (TPSA) is 66.8 Å². The number of carbonyl (C=O) groups excluding carboxylic acids is 1. The second-order valence-electron chi connectivity index (χ2n) is 5.93. The van der Waals surface area contributed by atoms with Crippen molar-refractivity contribution in [2.45, 2.75) is 38.0 Å². The van der Waals surface area contributed by atoms with Gasteiger partial charge in [-0.1, -0.05) is 12.1 Å². The summed E-state index contributed by atoms with van der Waals surface area (Å²) in [4.78, 5) is 25.0. The van der Waals surface area contributed by atoms with Crippen molar-refractivity contribution in [3.05, 3.63) is 35.6 Å². The summed E-state index contributed by atoms with van der Waals surface area (Å²) in [6, 6.07) is 5.74. The first-order chi connectivity index (χ1) is 10.5. The van der Waals surface area contributed by atoms with Crippen LogP contribution in [0.2, 0.25) is 0 Å². The van der Waals surface area contributed by atoms with Gasteiger partial charge >= 0.3 is 5.97 Å². The molecule has 0 aromatic heterocycles. The van der Waals surface area contributed by atoms with E-state index >= 15 is 0 Å². The van der Waals surface area contributed by atoms with E-state index in [2.05, 4.69) is 0 Å². The van der Waals surface area contributed by atoms with E-state index < -0.39 is 5.97 Å². The molecule has 3 unspecified atom stereocenters. The molecule has 5 nitrogen and oxygen atoms in total. The maximum atomic E-state index is 12.9. The molecule has 0 aliphatic carbocycles. The highest BCUT2D eigenvalue weighted by atomic mass is 19.1. The zero-order chi connectivity index (χ0) is 15.7. The molecule has 1 N–H and O–H groups in total. The monoisotopic (exact) mass is 307 g/mol. The van der Waals surface area contributed by atoms with E-state index in [0.29, 0.717) is 12.0 Å². The number of nitrogens with zero attached hydrogens (tertiary/aromatic N) is 1. The molecule has 6 heteroatoms. The zero-order valence-corrected chi connectivity index (χ0v) is 12.1. The van der Waals surface area contributed by atoms with Crippen LogP contribution in [-0.4, -0.2) is 40.6 Å². The second kappa shape index (κ2) is 6.04. The number of carbonyl (C=O) groups is 2. The largest absolute Gasteiger partial charge is 0.480 e. The van der Waals surface area contributed by atoms with E-state index in [1.54, 1.807) is 12.1 Å². The number of hydrogen-bond acceptors (Lipinski definition) is 3. The van der Waals surface area contributed by atoms with Crippen molar-refractivity contribution in [1.82, 2.24) is 4.90 Å². The lowest BCUT2D eigenvalue weighted by molar-refractivity contribution is -0.147. The number of rotatable bonds is 5. The number of hydrogen-bond donors (Lipinski definition) is 1. The number of benzene rings is 1. The fourth-order valence-electron chi connectivity index (χ4n) is 3.32. The van der Waals surface area contributed by atoms with Gasteiger partial charge in [-0.2, -0.15) is 0 Å². The molecule has 2 aliphatic heterocycles. The lowest BCUT2D eigenvalue weighted by Crippen LogP contribution is -2.42. The molecule has 2 aliphatic rings. The predicted molar refractivity (Wildman–Crippen MR) is 75.5 cm³/mol. The maximum Gasteiger partial charge on any atom is 0.323 e. The highest BCUT2D eigenvalue weighted by Crippen LogP contribution is 2.39. The van der Waals surface area contributed by atoms with Gasteiger partial charge in [-0.15, -0.1) is 0 Å². The Balaban J connectivity index is 1.72. The summed E-state index contributed by atoms with van der Waals surface area (Å²) < 4.78 is 18.6. The number of aliphatic carboxylic acids is 1. The highest BCUT2D eigenvalue weighted by molar-refractivity contribution is 5.84. The number of carboxylic acids is 1. The fourth-order valence-corrected chi connectivity index (χ4v) is 3.32. The molecule has 2 heterocycles. The molecule has 0 spiro atoms. The van der Waals surface area contributed by atoms with E-state index in [-0.39, 0.29) is 42.9 Å². The van der Waals surface area contributed by atoms with Crippen molar-refractivity contribution in [3.8, 4) is 0 Å². The van der Waals surface area contributed by atoms with Crippen molar-refractivity contribution in [3.63, 3.8) is 0 Å². The van der Waals surface area contributed by atoms with Gasteiger partial charge < -0.3 is 14.7 Å². The summed E-state index contributed by atoms with van der Waals surface area (Å²) in [5.74, 6) is -1.85. The summed E-state index contributed by atoms with van der Waals surface area (Å²) in [5, 5.41) is 9.04. The van der Waals surface area contributed by atoms with Crippen LogP contribution >= 0.6 is 0 Å². The number of halogens is 1. The molecule has 2 fully saturated rings. The first-order valence-electron chi connectivity index (χ1n) is 7.43. The van der Waals surface area contributed by atoms with Gasteiger partial charge in [0, 0.05) is 6.54 Å². The molecule has 2 saturated heterocycles. The Morgan fingerprint density at radius 1 is 1.27 bits per heavy atom. The highest BCUT2D eigenvalue weighted by Gasteiger charge is 2.45. The molecule has 0 radical (unpaired) electrons. The second-order valence-corrected chi connectivity index (χ2v) is 5.93. The van der Waals surface area contributed by atoms with Gasteiger partial charge in [-0.3, -0.25) is 9.59 Å². The number of amides is 1. The molecule has 22 heavy (non-hydrogen) atoms. The molecule has 2 bridgehead atoms. The van der Waals surface area contributed by atoms with Crippen LogP contribution in [-0.2, 0) is 20.9 Å². The average molecular weight is 307 g/mol. The standard InChI is InChI=1S/C16H18FNO4/c17-11-3-1-10(2-4-11)8-18(9-15(19)20)16(21)13-7-12-5-6-14(13)22-12/h1-4,12-14H,5-9H2,(H,19,20). The van der Waals surface area contributed by atoms with Gasteiger partial charge in [0.15, 0.2) is 0 Å². The summed E-state index contributed by atoms with van der Waals surface area (Å²) in [6.45, 7) is -0.191. The normalized spacial score (nSPS) is 26.1. The minimum absolute atomic E-state index is 0.0815. The Morgan fingerprint density at radius 2 is 2.00 bits per heavy atom. The van der Waals surface area contributed by atoms with Crippen LogP contribution in [0, 0.1) is 11.7 Å². The molecule has 0 saturated carbocycles. The van der Waals surface area contributed by atoms with E-state index in [9.17, 15) is 14.0 Å². The van der Waals surface area contributed by atoms with Crippen molar-refractivity contribution < 1.29 is 23.8 Å². The smallest absolute Gasteiger partial charge is 0.323 e. The van der Waals surface area contributed by atoms with Crippen LogP contribution < -0.4 is 0 Å². The maximum absolute atomic E-state index is 12.9.